The highest BCUT2D eigenvalue weighted by atomic mass is 32.2. The Morgan fingerprint density at radius 1 is 1.87 bits per heavy atom. The number of fused-ring (bicyclic) bond motifs is 1. The summed E-state index contributed by atoms with van der Waals surface area (Å²) in [7, 11) is 0. The highest BCUT2D eigenvalue weighted by Gasteiger charge is 2.51. The van der Waals surface area contributed by atoms with Gasteiger partial charge in [-0.2, -0.15) is 0 Å². The first kappa shape index (κ1) is 10.5. The van der Waals surface area contributed by atoms with Crippen LogP contribution < -0.4 is 5.73 Å². The van der Waals surface area contributed by atoms with Gasteiger partial charge in [0.05, 0.1) is 11.8 Å². The zero-order valence-corrected chi connectivity index (χ0v) is 9.03. The molecule has 0 aromatic rings. The van der Waals surface area contributed by atoms with E-state index in [0.29, 0.717) is 6.42 Å². The number of aliphatic carboxylic acids is 1. The molecule has 6 heteroatoms. The van der Waals surface area contributed by atoms with Crippen molar-refractivity contribution in [2.45, 2.75) is 29.5 Å². The van der Waals surface area contributed by atoms with E-state index in [9.17, 15) is 14.7 Å². The van der Waals surface area contributed by atoms with Gasteiger partial charge >= 0.3 is 5.97 Å². The van der Waals surface area contributed by atoms with E-state index in [1.165, 1.54) is 17.8 Å². The Hall–Kier alpha value is -1.01. The molecule has 0 spiro atoms. The lowest BCUT2D eigenvalue weighted by Crippen LogP contribution is -2.58. The number of carbonyl (C=O) groups excluding carboxylic acids is 1. The number of thioether (sulfide) groups is 1. The Kier molecular flexibility index (Phi) is 2.27. The lowest BCUT2D eigenvalue weighted by molar-refractivity contribution is -0.141. The highest BCUT2D eigenvalue weighted by molar-refractivity contribution is 8.02. The molecule has 82 valence electrons. The number of carboxylic acids is 1. The molecule has 0 aromatic heterocycles. The normalized spacial score (nSPS) is 35.7. The van der Waals surface area contributed by atoms with Gasteiger partial charge in [-0.3, -0.25) is 9.59 Å². The molecule has 2 aliphatic heterocycles. The molecule has 0 aliphatic carbocycles. The van der Waals surface area contributed by atoms with Crippen LogP contribution in [0.25, 0.3) is 0 Å². The molecular weight excluding hydrogens is 216 g/mol. The molecule has 2 aliphatic rings. The van der Waals surface area contributed by atoms with Gasteiger partial charge in [0, 0.05) is 12.2 Å². The van der Waals surface area contributed by atoms with E-state index in [1.54, 1.807) is 18.0 Å². The second-order valence-corrected chi connectivity index (χ2v) is 5.24. The van der Waals surface area contributed by atoms with Gasteiger partial charge in [-0.25, -0.2) is 0 Å². The predicted octanol–water partition coefficient (Wildman–Crippen LogP) is -0.0241. The van der Waals surface area contributed by atoms with Crippen molar-refractivity contribution in [1.82, 2.24) is 4.90 Å². The minimum absolute atomic E-state index is 0.0346. The standard InChI is InChI=1S/C9H12N2O3S/c1-5(10)9(8(13)14)2-3-11-6(12)4-7(11)15-9/h2-3,5,7H,4,10H2,1H3,(H,13,14)/t5?,7-,9?/m1/s1. The van der Waals surface area contributed by atoms with Crippen LogP contribution in [0.3, 0.4) is 0 Å². The molecule has 1 saturated heterocycles. The molecule has 15 heavy (non-hydrogen) atoms. The van der Waals surface area contributed by atoms with Crippen LogP contribution in [0.1, 0.15) is 13.3 Å². The molecule has 2 rings (SSSR count). The van der Waals surface area contributed by atoms with Crippen LogP contribution in [0.15, 0.2) is 12.3 Å². The highest BCUT2D eigenvalue weighted by Crippen LogP contribution is 2.44. The summed E-state index contributed by atoms with van der Waals surface area (Å²) in [6, 6.07) is -0.492. The minimum atomic E-state index is -1.10. The van der Waals surface area contributed by atoms with E-state index in [1.807, 2.05) is 0 Å². The maximum Gasteiger partial charge on any atom is 0.325 e. The first-order valence-electron chi connectivity index (χ1n) is 4.64. The average molecular weight is 228 g/mol. The molecule has 2 heterocycles. The smallest absolute Gasteiger partial charge is 0.325 e. The van der Waals surface area contributed by atoms with Crippen molar-refractivity contribution in [2.24, 2.45) is 5.73 Å². The van der Waals surface area contributed by atoms with E-state index in [4.69, 9.17) is 5.73 Å². The number of carboxylic acid groups (broad SMARTS) is 1. The quantitative estimate of drug-likeness (QED) is 0.649. The summed E-state index contributed by atoms with van der Waals surface area (Å²) in [5.74, 6) is -0.912. The Labute approximate surface area is 91.3 Å². The van der Waals surface area contributed by atoms with Crippen LogP contribution in [0.5, 0.6) is 0 Å². The second kappa shape index (κ2) is 3.24. The zero-order chi connectivity index (χ0) is 11.2. The van der Waals surface area contributed by atoms with Gasteiger partial charge in [0.15, 0.2) is 0 Å². The molecule has 5 nitrogen and oxygen atoms in total. The fourth-order valence-corrected chi connectivity index (χ4v) is 3.14. The number of amides is 1. The van der Waals surface area contributed by atoms with Crippen molar-refractivity contribution in [2.75, 3.05) is 0 Å². The van der Waals surface area contributed by atoms with E-state index in [2.05, 4.69) is 0 Å². The van der Waals surface area contributed by atoms with Crippen molar-refractivity contribution in [3.05, 3.63) is 12.3 Å². The molecule has 0 bridgehead atoms. The SMILES string of the molecule is CC(N)C1(C(=O)O)C=CN2C(=O)C[C@H]2S1. The molecule has 0 saturated carbocycles. The summed E-state index contributed by atoms with van der Waals surface area (Å²) in [5.41, 5.74) is 5.71. The fraction of sp³-hybridized carbons (Fsp3) is 0.556. The van der Waals surface area contributed by atoms with E-state index < -0.39 is 16.8 Å². The molecule has 3 N–H and O–H groups in total. The van der Waals surface area contributed by atoms with Crippen LogP contribution >= 0.6 is 11.8 Å². The topological polar surface area (TPSA) is 83.6 Å². The van der Waals surface area contributed by atoms with Crippen LogP contribution in [0.4, 0.5) is 0 Å². The molecule has 0 radical (unpaired) electrons. The lowest BCUT2D eigenvalue weighted by atomic mass is 10.00. The minimum Gasteiger partial charge on any atom is -0.480 e. The Morgan fingerprint density at radius 3 is 2.93 bits per heavy atom. The van der Waals surface area contributed by atoms with E-state index in [-0.39, 0.29) is 11.3 Å². The third-order valence-corrected chi connectivity index (χ3v) is 4.51. The first-order valence-corrected chi connectivity index (χ1v) is 5.52. The third kappa shape index (κ3) is 1.36. The summed E-state index contributed by atoms with van der Waals surface area (Å²) in [4.78, 5) is 23.9. The summed E-state index contributed by atoms with van der Waals surface area (Å²) < 4.78 is -1.10. The summed E-state index contributed by atoms with van der Waals surface area (Å²) in [6.07, 6.45) is 3.46. The van der Waals surface area contributed by atoms with E-state index >= 15 is 0 Å². The van der Waals surface area contributed by atoms with Gasteiger partial charge in [0.25, 0.3) is 0 Å². The van der Waals surface area contributed by atoms with Gasteiger partial charge in [-0.05, 0) is 13.0 Å². The fourth-order valence-electron chi connectivity index (χ4n) is 1.71. The van der Waals surface area contributed by atoms with Crippen LogP contribution in [-0.4, -0.2) is 38.0 Å². The van der Waals surface area contributed by atoms with Gasteiger partial charge in [0.1, 0.15) is 4.75 Å². The van der Waals surface area contributed by atoms with Gasteiger partial charge in [0.2, 0.25) is 5.91 Å². The molecule has 3 atom stereocenters. The maximum atomic E-state index is 11.2. The van der Waals surface area contributed by atoms with Crippen molar-refractivity contribution in [3.63, 3.8) is 0 Å². The van der Waals surface area contributed by atoms with Crippen LogP contribution in [0, 0.1) is 0 Å². The maximum absolute atomic E-state index is 11.2. The molecule has 1 amide bonds. The van der Waals surface area contributed by atoms with Gasteiger partial charge in [-0.1, -0.05) is 0 Å². The van der Waals surface area contributed by atoms with Crippen LogP contribution in [-0.2, 0) is 9.59 Å². The molecule has 0 aromatic carbocycles. The molecule has 1 fully saturated rings. The molecule has 2 unspecified atom stereocenters. The van der Waals surface area contributed by atoms with Crippen LogP contribution in [0.2, 0.25) is 0 Å². The number of β-lactam (4-membered cyclic amide) rings is 1. The summed E-state index contributed by atoms with van der Waals surface area (Å²) in [6.45, 7) is 1.67. The Morgan fingerprint density at radius 2 is 2.53 bits per heavy atom. The van der Waals surface area contributed by atoms with Crippen molar-refractivity contribution in [1.29, 1.82) is 0 Å². The number of nitrogens with two attached hydrogens (primary N) is 1. The second-order valence-electron chi connectivity index (χ2n) is 3.78. The largest absolute Gasteiger partial charge is 0.480 e. The number of hydrogen-bond donors (Lipinski definition) is 2. The number of nitrogens with zero attached hydrogens (tertiary/aromatic N) is 1. The van der Waals surface area contributed by atoms with Gasteiger partial charge < -0.3 is 15.7 Å². The zero-order valence-electron chi connectivity index (χ0n) is 8.21. The Balaban J connectivity index is 2.30. The van der Waals surface area contributed by atoms with Crippen molar-refractivity contribution < 1.29 is 14.7 Å². The van der Waals surface area contributed by atoms with E-state index in [0.717, 1.165) is 0 Å². The van der Waals surface area contributed by atoms with Crippen molar-refractivity contribution >= 4 is 23.6 Å². The number of carbonyl (C=O) groups is 2. The number of rotatable bonds is 2. The first-order chi connectivity index (χ1) is 6.97. The summed E-state index contributed by atoms with van der Waals surface area (Å²) >= 11 is 1.24. The molecular formula is C9H12N2O3S. The lowest BCUT2D eigenvalue weighted by Gasteiger charge is -2.46. The number of hydrogen-bond acceptors (Lipinski definition) is 4. The predicted molar refractivity (Wildman–Crippen MR) is 56.0 cm³/mol. The van der Waals surface area contributed by atoms with Crippen molar-refractivity contribution in [3.8, 4) is 0 Å². The third-order valence-electron chi connectivity index (χ3n) is 2.77. The average Bonchev–Trinajstić information content (AvgIpc) is 2.14. The Bertz CT molecular complexity index is 355. The monoisotopic (exact) mass is 228 g/mol. The summed E-state index contributed by atoms with van der Waals surface area (Å²) in [5, 5.41) is 9.13. The van der Waals surface area contributed by atoms with Gasteiger partial charge in [-0.15, -0.1) is 11.8 Å².